The topological polar surface area (TPSA) is 65.6 Å². The number of β-amino-alcohol motifs (C(OH)–C–C–N with tert-alkyl or cyclic N) is 1. The molecule has 0 unspecified atom stereocenters. The molecule has 1 saturated heterocycles. The molecule has 2 aromatic rings. The molecule has 0 radical (unpaired) electrons. The fraction of sp³-hybridized carbons (Fsp3) is 0.400. The van der Waals surface area contributed by atoms with E-state index in [2.05, 4.69) is 20.9 Å². The van der Waals surface area contributed by atoms with Gasteiger partial charge in [-0.15, -0.1) is 0 Å². The van der Waals surface area contributed by atoms with Crippen LogP contribution in [0.15, 0.2) is 30.5 Å². The first kappa shape index (κ1) is 13.1. The molecule has 0 bridgehead atoms. The third kappa shape index (κ3) is 2.42. The lowest BCUT2D eigenvalue weighted by Crippen LogP contribution is -2.47. The Labute approximate surface area is 118 Å². The van der Waals surface area contributed by atoms with Gasteiger partial charge in [0, 0.05) is 50.0 Å². The van der Waals surface area contributed by atoms with Crippen LogP contribution < -0.4 is 10.6 Å². The van der Waals surface area contributed by atoms with Crippen molar-refractivity contribution in [3.05, 3.63) is 30.5 Å². The fourth-order valence-electron chi connectivity index (χ4n) is 2.79. The molecule has 0 spiro atoms. The molecular formula is C15H20N4O. The van der Waals surface area contributed by atoms with E-state index in [1.54, 1.807) is 0 Å². The Morgan fingerprint density at radius 3 is 2.70 bits per heavy atom. The molecule has 2 heterocycles. The molecule has 3 rings (SSSR count). The van der Waals surface area contributed by atoms with Crippen LogP contribution in [0.5, 0.6) is 0 Å². The van der Waals surface area contributed by atoms with E-state index >= 15 is 0 Å². The first-order valence-electron chi connectivity index (χ1n) is 7.01. The van der Waals surface area contributed by atoms with Crippen molar-refractivity contribution in [1.29, 1.82) is 0 Å². The van der Waals surface area contributed by atoms with Gasteiger partial charge >= 0.3 is 0 Å². The Morgan fingerprint density at radius 1 is 1.15 bits per heavy atom. The number of benzene rings is 1. The molecule has 5 heteroatoms. The average molecular weight is 272 g/mol. The van der Waals surface area contributed by atoms with Crippen LogP contribution in [0.4, 0.5) is 11.4 Å². The third-order valence-corrected chi connectivity index (χ3v) is 3.91. The van der Waals surface area contributed by atoms with Gasteiger partial charge in [0.1, 0.15) is 0 Å². The molecule has 3 N–H and O–H groups in total. The molecule has 1 fully saturated rings. The number of aromatic nitrogens is 1. The summed E-state index contributed by atoms with van der Waals surface area (Å²) in [5.41, 5.74) is 8.92. The SMILES string of the molecule is Nc1ccc(N2CCN(CCO)CC2)c2ncccc12. The van der Waals surface area contributed by atoms with Crippen molar-refractivity contribution < 1.29 is 5.11 Å². The number of anilines is 2. The summed E-state index contributed by atoms with van der Waals surface area (Å²) in [6.07, 6.45) is 1.81. The second kappa shape index (κ2) is 5.64. The normalized spacial score (nSPS) is 16.8. The summed E-state index contributed by atoms with van der Waals surface area (Å²) in [6.45, 7) is 4.84. The second-order valence-corrected chi connectivity index (χ2v) is 5.13. The van der Waals surface area contributed by atoms with Crippen LogP contribution in [0.1, 0.15) is 0 Å². The van der Waals surface area contributed by atoms with Crippen LogP contribution in [0.2, 0.25) is 0 Å². The standard InChI is InChI=1S/C15H20N4O/c16-13-3-4-14(15-12(13)2-1-5-17-15)19-8-6-18(7-9-19)10-11-20/h1-5,20H,6-11,16H2. The van der Waals surface area contributed by atoms with Gasteiger partial charge in [-0.3, -0.25) is 9.88 Å². The van der Waals surface area contributed by atoms with Gasteiger partial charge < -0.3 is 15.7 Å². The minimum absolute atomic E-state index is 0.229. The molecular weight excluding hydrogens is 252 g/mol. The average Bonchev–Trinajstić information content (AvgIpc) is 2.49. The maximum atomic E-state index is 8.99. The molecule has 1 aromatic heterocycles. The largest absolute Gasteiger partial charge is 0.398 e. The third-order valence-electron chi connectivity index (χ3n) is 3.91. The summed E-state index contributed by atoms with van der Waals surface area (Å²) in [4.78, 5) is 9.13. The van der Waals surface area contributed by atoms with E-state index in [0.29, 0.717) is 0 Å². The number of fused-ring (bicyclic) bond motifs is 1. The van der Waals surface area contributed by atoms with Gasteiger partial charge in [0.05, 0.1) is 17.8 Å². The maximum Gasteiger partial charge on any atom is 0.0955 e. The van der Waals surface area contributed by atoms with E-state index in [1.807, 2.05) is 24.4 Å². The van der Waals surface area contributed by atoms with Gasteiger partial charge in [-0.1, -0.05) is 0 Å². The molecule has 1 aromatic carbocycles. The molecule has 20 heavy (non-hydrogen) atoms. The lowest BCUT2D eigenvalue weighted by Gasteiger charge is -2.36. The van der Waals surface area contributed by atoms with Crippen molar-refractivity contribution in [2.45, 2.75) is 0 Å². The van der Waals surface area contributed by atoms with Crippen molar-refractivity contribution in [2.24, 2.45) is 0 Å². The molecule has 106 valence electrons. The number of piperazine rings is 1. The zero-order valence-electron chi connectivity index (χ0n) is 11.5. The quantitative estimate of drug-likeness (QED) is 0.814. The molecule has 1 aliphatic heterocycles. The first-order chi connectivity index (χ1) is 9.79. The lowest BCUT2D eigenvalue weighted by atomic mass is 10.1. The second-order valence-electron chi connectivity index (χ2n) is 5.13. The summed E-state index contributed by atoms with van der Waals surface area (Å²) in [6, 6.07) is 7.96. The Morgan fingerprint density at radius 2 is 1.95 bits per heavy atom. The summed E-state index contributed by atoms with van der Waals surface area (Å²) in [7, 11) is 0. The van der Waals surface area contributed by atoms with Crippen LogP contribution in [0.3, 0.4) is 0 Å². The Balaban J connectivity index is 1.87. The molecule has 0 atom stereocenters. The van der Waals surface area contributed by atoms with E-state index in [1.165, 1.54) is 0 Å². The first-order valence-corrected chi connectivity index (χ1v) is 7.01. The number of nitrogen functional groups attached to an aromatic ring is 1. The molecule has 0 aliphatic carbocycles. The Bertz CT molecular complexity index is 593. The van der Waals surface area contributed by atoms with Crippen LogP contribution in [0.25, 0.3) is 10.9 Å². The van der Waals surface area contributed by atoms with E-state index in [4.69, 9.17) is 10.8 Å². The van der Waals surface area contributed by atoms with Gasteiger partial charge in [-0.2, -0.15) is 0 Å². The van der Waals surface area contributed by atoms with E-state index in [0.717, 1.165) is 55.0 Å². The van der Waals surface area contributed by atoms with Crippen LogP contribution >= 0.6 is 0 Å². The number of aliphatic hydroxyl groups excluding tert-OH is 1. The van der Waals surface area contributed by atoms with Gasteiger partial charge in [0.2, 0.25) is 0 Å². The molecule has 1 aliphatic rings. The number of hydrogen-bond donors (Lipinski definition) is 2. The predicted octanol–water partition coefficient (Wildman–Crippen LogP) is 0.931. The fourth-order valence-corrected chi connectivity index (χ4v) is 2.79. The summed E-state index contributed by atoms with van der Waals surface area (Å²) in [5.74, 6) is 0. The Kier molecular flexibility index (Phi) is 3.71. The van der Waals surface area contributed by atoms with Crippen LogP contribution in [-0.2, 0) is 0 Å². The van der Waals surface area contributed by atoms with Gasteiger partial charge in [-0.05, 0) is 24.3 Å². The van der Waals surface area contributed by atoms with Gasteiger partial charge in [0.15, 0.2) is 0 Å². The smallest absolute Gasteiger partial charge is 0.0955 e. The summed E-state index contributed by atoms with van der Waals surface area (Å²) >= 11 is 0. The molecule has 0 saturated carbocycles. The lowest BCUT2D eigenvalue weighted by molar-refractivity contribution is 0.189. The van der Waals surface area contributed by atoms with Gasteiger partial charge in [0.25, 0.3) is 0 Å². The minimum atomic E-state index is 0.229. The van der Waals surface area contributed by atoms with E-state index < -0.39 is 0 Å². The summed E-state index contributed by atoms with van der Waals surface area (Å²) < 4.78 is 0. The van der Waals surface area contributed by atoms with Crippen LogP contribution in [-0.4, -0.2) is 54.3 Å². The minimum Gasteiger partial charge on any atom is -0.398 e. The monoisotopic (exact) mass is 272 g/mol. The molecule has 0 amide bonds. The van der Waals surface area contributed by atoms with Crippen molar-refractivity contribution in [1.82, 2.24) is 9.88 Å². The number of nitrogens with zero attached hydrogens (tertiary/aromatic N) is 3. The number of hydrogen-bond acceptors (Lipinski definition) is 5. The predicted molar refractivity (Wildman–Crippen MR) is 81.9 cm³/mol. The number of rotatable bonds is 3. The van der Waals surface area contributed by atoms with Crippen LogP contribution in [0, 0.1) is 0 Å². The zero-order valence-corrected chi connectivity index (χ0v) is 11.5. The van der Waals surface area contributed by atoms with E-state index in [9.17, 15) is 0 Å². The van der Waals surface area contributed by atoms with Crippen molar-refractivity contribution in [3.63, 3.8) is 0 Å². The van der Waals surface area contributed by atoms with Crippen molar-refractivity contribution in [2.75, 3.05) is 50.0 Å². The Hall–Kier alpha value is -1.85. The van der Waals surface area contributed by atoms with Gasteiger partial charge in [-0.25, -0.2) is 0 Å². The number of pyridine rings is 1. The maximum absolute atomic E-state index is 8.99. The van der Waals surface area contributed by atoms with E-state index in [-0.39, 0.29) is 6.61 Å². The highest BCUT2D eigenvalue weighted by Crippen LogP contribution is 2.29. The number of aliphatic hydroxyl groups is 1. The zero-order chi connectivity index (χ0) is 13.9. The highest BCUT2D eigenvalue weighted by atomic mass is 16.3. The van der Waals surface area contributed by atoms with Crippen molar-refractivity contribution in [3.8, 4) is 0 Å². The highest BCUT2D eigenvalue weighted by Gasteiger charge is 2.19. The highest BCUT2D eigenvalue weighted by molar-refractivity contribution is 5.98. The number of nitrogens with two attached hydrogens (primary N) is 1. The molecule has 5 nitrogen and oxygen atoms in total. The van der Waals surface area contributed by atoms with Crippen molar-refractivity contribution >= 4 is 22.3 Å². The summed E-state index contributed by atoms with van der Waals surface area (Å²) in [5, 5.41) is 10.0.